The minimum Gasteiger partial charge on any atom is -0.510 e. The first-order chi connectivity index (χ1) is 35.1. The van der Waals surface area contributed by atoms with Gasteiger partial charge in [0.25, 0.3) is 0 Å². The van der Waals surface area contributed by atoms with Gasteiger partial charge in [0.1, 0.15) is 5.82 Å². The average molecular weight is 1150 g/mol. The fraction of sp³-hybridized carbons (Fsp3) is 0.179. The van der Waals surface area contributed by atoms with Crippen LogP contribution in [0.1, 0.15) is 79.0 Å². The third kappa shape index (κ3) is 9.79. The molecule has 0 saturated heterocycles. The van der Waals surface area contributed by atoms with Crippen LogP contribution in [0.5, 0.6) is 11.5 Å². The Kier molecular flexibility index (Phi) is 13.2. The predicted octanol–water partition coefficient (Wildman–Crippen LogP) is 16.4. The summed E-state index contributed by atoms with van der Waals surface area (Å²) >= 11 is 0. The van der Waals surface area contributed by atoms with Crippen LogP contribution in [0.4, 0.5) is 0 Å². The molecule has 0 fully saturated rings. The van der Waals surface area contributed by atoms with Crippen molar-refractivity contribution in [3.05, 3.63) is 229 Å². The molecule has 11 rings (SSSR count). The van der Waals surface area contributed by atoms with Crippen LogP contribution in [0, 0.1) is 18.5 Å². The molecule has 3 aromatic heterocycles. The Morgan fingerprint density at radius 3 is 1.66 bits per heavy atom. The number of ether oxygens (including phenoxy) is 1. The number of benzene rings is 8. The summed E-state index contributed by atoms with van der Waals surface area (Å²) in [6, 6.07) is 73.2. The fourth-order valence-electron chi connectivity index (χ4n) is 9.63. The predicted molar refractivity (Wildman–Crippen MR) is 298 cm³/mol. The molecule has 7 heteroatoms. The summed E-state index contributed by atoms with van der Waals surface area (Å²) in [6.45, 7) is 20.4. The Balaban J connectivity index is 0.00000626. The van der Waals surface area contributed by atoms with Crippen LogP contribution in [0.3, 0.4) is 0 Å². The number of rotatable bonds is 9. The zero-order valence-corrected chi connectivity index (χ0v) is 45.7. The van der Waals surface area contributed by atoms with Gasteiger partial charge >= 0.3 is 0 Å². The van der Waals surface area contributed by atoms with Gasteiger partial charge in [-0.2, -0.15) is 22.9 Å². The van der Waals surface area contributed by atoms with E-state index in [9.17, 15) is 0 Å². The summed E-state index contributed by atoms with van der Waals surface area (Å²) < 4.78 is 12.8. The van der Waals surface area contributed by atoms with E-state index in [0.717, 1.165) is 67.0 Å². The molecule has 6 nitrogen and oxygen atoms in total. The number of hydrogen-bond acceptors (Lipinski definition) is 3. The SMILES string of the molecule is CC(C)(C)c1cc(-c2ccc3c(c2)c2ccc(Oc4[c-]c(-n5[c-][n+](-c6c(-c7ccccc7)cccc6-c6ccccc6)c(-c6ccccc6)n5)ccc4)[c-]c2n3-c2cc(C(C)(C)C)ccn2)cc(C(C)(C)C)c1.[Pt]. The van der Waals surface area contributed by atoms with Crippen LogP contribution < -0.4 is 9.30 Å². The Bertz CT molecular complexity index is 3730. The number of nitrogens with zero attached hydrogens (tertiary/aromatic N) is 5. The molecule has 3 heterocycles. The van der Waals surface area contributed by atoms with Crippen molar-refractivity contribution in [1.82, 2.24) is 19.3 Å². The van der Waals surface area contributed by atoms with E-state index in [-0.39, 0.29) is 37.3 Å². The second-order valence-corrected chi connectivity index (χ2v) is 22.1. The maximum absolute atomic E-state index is 6.75. The first kappa shape index (κ1) is 49.9. The molecule has 0 aliphatic carbocycles. The molecule has 0 aliphatic heterocycles. The Morgan fingerprint density at radius 2 is 1.05 bits per heavy atom. The van der Waals surface area contributed by atoms with Crippen molar-refractivity contribution >= 4 is 21.8 Å². The van der Waals surface area contributed by atoms with Crippen molar-refractivity contribution in [3.63, 3.8) is 0 Å². The molecule has 0 spiro atoms. The van der Waals surface area contributed by atoms with Crippen LogP contribution in [0.25, 0.3) is 83.8 Å². The van der Waals surface area contributed by atoms with Crippen molar-refractivity contribution in [2.45, 2.75) is 78.6 Å². The van der Waals surface area contributed by atoms with Gasteiger partial charge in [-0.25, -0.2) is 4.98 Å². The van der Waals surface area contributed by atoms with Crippen LogP contribution >= 0.6 is 0 Å². The number of aromatic nitrogens is 5. The normalized spacial score (nSPS) is 12.0. The molecule has 0 atom stereocenters. The van der Waals surface area contributed by atoms with Crippen LogP contribution in [-0.4, -0.2) is 19.3 Å². The first-order valence-electron chi connectivity index (χ1n) is 25.2. The minimum atomic E-state index is -0.0755. The number of pyridine rings is 1. The van der Waals surface area contributed by atoms with E-state index in [0.29, 0.717) is 17.2 Å². The maximum Gasteiger partial charge on any atom is 0.231 e. The van der Waals surface area contributed by atoms with E-state index < -0.39 is 0 Å². The minimum absolute atomic E-state index is 0. The van der Waals surface area contributed by atoms with Crippen molar-refractivity contribution in [2.75, 3.05) is 0 Å². The molecular weight excluding hydrogens is 1090 g/mol. The van der Waals surface area contributed by atoms with Crippen molar-refractivity contribution in [2.24, 2.45) is 0 Å². The Hall–Kier alpha value is -7.66. The van der Waals surface area contributed by atoms with E-state index in [1.165, 1.54) is 27.8 Å². The summed E-state index contributed by atoms with van der Waals surface area (Å²) in [5, 5.41) is 7.44. The molecule has 8 aromatic carbocycles. The van der Waals surface area contributed by atoms with Gasteiger partial charge < -0.3 is 13.9 Å². The zero-order valence-electron chi connectivity index (χ0n) is 43.4. The molecule has 0 bridgehead atoms. The van der Waals surface area contributed by atoms with E-state index >= 15 is 0 Å². The number of para-hydroxylation sites is 1. The van der Waals surface area contributed by atoms with Gasteiger partial charge in [-0.15, -0.1) is 29.7 Å². The molecule has 370 valence electrons. The van der Waals surface area contributed by atoms with Crippen molar-refractivity contribution < 1.29 is 30.4 Å². The molecular formula is C67H59N5OPt-2. The standard InChI is InChI=1S/C67H59N5O.Pt/c1-65(2,3)50-35-36-68-62(41-50)72-60-34-31-48(49-37-51(66(4,5)6)40-52(38-49)67(7,8)9)39-59(60)58-33-32-55(43-61(58)72)73-54-28-19-27-53(42-54)71-44-70(64(69-71)47-25-17-12-18-26-47)63-56(45-21-13-10-14-22-45)29-20-30-57(63)46-23-15-11-16-24-46;/h10-41H,1-9H3;/q-2;. The van der Waals surface area contributed by atoms with Crippen LogP contribution in [-0.2, 0) is 37.3 Å². The van der Waals surface area contributed by atoms with Crippen molar-refractivity contribution in [1.29, 1.82) is 0 Å². The van der Waals surface area contributed by atoms with Gasteiger partial charge in [0.15, 0.2) is 0 Å². The van der Waals surface area contributed by atoms with E-state index in [2.05, 4.69) is 223 Å². The molecule has 74 heavy (non-hydrogen) atoms. The summed E-state index contributed by atoms with van der Waals surface area (Å²) in [7, 11) is 0. The largest absolute Gasteiger partial charge is 0.510 e. The third-order valence-electron chi connectivity index (χ3n) is 13.8. The van der Waals surface area contributed by atoms with Gasteiger partial charge in [-0.3, -0.25) is 0 Å². The second-order valence-electron chi connectivity index (χ2n) is 22.1. The molecule has 0 unspecified atom stereocenters. The van der Waals surface area contributed by atoms with Gasteiger partial charge in [-0.05, 0) is 101 Å². The summed E-state index contributed by atoms with van der Waals surface area (Å²) in [6.07, 6.45) is 5.57. The monoisotopic (exact) mass is 1140 g/mol. The molecule has 0 amide bonds. The quantitative estimate of drug-likeness (QED) is 0.107. The van der Waals surface area contributed by atoms with Gasteiger partial charge in [0.2, 0.25) is 12.2 Å². The zero-order chi connectivity index (χ0) is 50.6. The Labute approximate surface area is 450 Å². The third-order valence-corrected chi connectivity index (χ3v) is 13.8. The molecule has 0 radical (unpaired) electrons. The van der Waals surface area contributed by atoms with Gasteiger partial charge in [0, 0.05) is 55.5 Å². The smallest absolute Gasteiger partial charge is 0.231 e. The van der Waals surface area contributed by atoms with Gasteiger partial charge in [0.05, 0.1) is 0 Å². The summed E-state index contributed by atoms with van der Waals surface area (Å²) in [5.74, 6) is 2.63. The average Bonchev–Trinajstić information content (AvgIpc) is 3.98. The Morgan fingerprint density at radius 1 is 0.473 bits per heavy atom. The van der Waals surface area contributed by atoms with E-state index in [1.54, 1.807) is 4.68 Å². The van der Waals surface area contributed by atoms with Crippen molar-refractivity contribution in [3.8, 4) is 73.5 Å². The van der Waals surface area contributed by atoms with E-state index in [4.69, 9.17) is 14.8 Å². The topological polar surface area (TPSA) is 48.8 Å². The molecule has 11 aromatic rings. The first-order valence-corrected chi connectivity index (χ1v) is 25.2. The number of fused-ring (bicyclic) bond motifs is 3. The molecule has 0 saturated carbocycles. The van der Waals surface area contributed by atoms with Crippen LogP contribution in [0.15, 0.2) is 194 Å². The maximum atomic E-state index is 6.75. The molecule has 0 aliphatic rings. The number of hydrogen-bond donors (Lipinski definition) is 0. The fourth-order valence-corrected chi connectivity index (χ4v) is 9.63. The van der Waals surface area contributed by atoms with Crippen LogP contribution in [0.2, 0.25) is 0 Å². The summed E-state index contributed by atoms with van der Waals surface area (Å²) in [5.41, 5.74) is 14.9. The molecule has 0 N–H and O–H groups in total. The van der Waals surface area contributed by atoms with E-state index in [1.807, 2.05) is 60.8 Å². The van der Waals surface area contributed by atoms with Gasteiger partial charge in [-0.1, -0.05) is 207 Å². The summed E-state index contributed by atoms with van der Waals surface area (Å²) in [4.78, 5) is 4.99. The second kappa shape index (κ2) is 19.6.